The average Bonchev–Trinajstić information content (AvgIpc) is 2.43. The summed E-state index contributed by atoms with van der Waals surface area (Å²) in [6.45, 7) is 4.58. The number of thiol groups is 1. The Morgan fingerprint density at radius 1 is 1.19 bits per heavy atom. The van der Waals surface area contributed by atoms with Gasteiger partial charge in [-0.2, -0.15) is 0 Å². The van der Waals surface area contributed by atoms with E-state index in [9.17, 15) is 8.78 Å². The van der Waals surface area contributed by atoms with E-state index in [2.05, 4.69) is 31.5 Å². The summed E-state index contributed by atoms with van der Waals surface area (Å²) in [6, 6.07) is 3.69. The van der Waals surface area contributed by atoms with Crippen LogP contribution in [0, 0.1) is 29.4 Å². The van der Waals surface area contributed by atoms with Gasteiger partial charge in [0.05, 0.1) is 10.7 Å². The van der Waals surface area contributed by atoms with Crippen molar-refractivity contribution in [3.63, 3.8) is 0 Å². The number of aliphatic imine (C=N–C) groups is 1. The van der Waals surface area contributed by atoms with Crippen LogP contribution in [-0.2, 0) is 0 Å². The Balaban J connectivity index is 1.91. The third-order valence-electron chi connectivity index (χ3n) is 4.47. The first-order valence-electron chi connectivity index (χ1n) is 7.67. The van der Waals surface area contributed by atoms with E-state index in [1.807, 2.05) is 0 Å². The monoisotopic (exact) mass is 311 g/mol. The predicted molar refractivity (Wildman–Crippen MR) is 87.3 cm³/mol. The molecule has 1 aliphatic rings. The minimum absolute atomic E-state index is 0.426. The van der Waals surface area contributed by atoms with Gasteiger partial charge in [0, 0.05) is 6.07 Å². The van der Waals surface area contributed by atoms with Crippen molar-refractivity contribution < 1.29 is 8.78 Å². The van der Waals surface area contributed by atoms with Crippen LogP contribution < -0.4 is 0 Å². The molecule has 1 aromatic carbocycles. The van der Waals surface area contributed by atoms with Crippen LogP contribution >= 0.6 is 12.6 Å². The first-order chi connectivity index (χ1) is 9.95. The van der Waals surface area contributed by atoms with Crippen LogP contribution in [0.4, 0.5) is 14.5 Å². The first-order valence-corrected chi connectivity index (χ1v) is 8.12. The zero-order chi connectivity index (χ0) is 15.4. The summed E-state index contributed by atoms with van der Waals surface area (Å²) in [4.78, 5) is 4.28. The van der Waals surface area contributed by atoms with E-state index < -0.39 is 11.6 Å². The topological polar surface area (TPSA) is 12.4 Å². The summed E-state index contributed by atoms with van der Waals surface area (Å²) < 4.78 is 26.0. The van der Waals surface area contributed by atoms with Crippen LogP contribution in [0.3, 0.4) is 0 Å². The number of hydrogen-bond donors (Lipinski definition) is 1. The minimum Gasteiger partial charge on any atom is -0.247 e. The Bertz CT molecular complexity index is 506. The molecule has 0 amide bonds. The van der Waals surface area contributed by atoms with Crippen molar-refractivity contribution in [3.8, 4) is 0 Å². The molecule has 1 aliphatic carbocycles. The molecule has 0 radical (unpaired) electrons. The van der Waals surface area contributed by atoms with Gasteiger partial charge >= 0.3 is 0 Å². The highest BCUT2D eigenvalue weighted by Crippen LogP contribution is 2.35. The number of halogens is 2. The summed E-state index contributed by atoms with van der Waals surface area (Å²) in [7, 11) is 0. The summed E-state index contributed by atoms with van der Waals surface area (Å²) in [5.41, 5.74) is 0.426. The maximum Gasteiger partial charge on any atom is 0.160 e. The molecule has 0 bridgehead atoms. The van der Waals surface area contributed by atoms with Crippen LogP contribution in [0.15, 0.2) is 23.2 Å². The SMILES string of the molecule is CC(C)[C@H]1CC[C@@H](CC(S)=Nc2ccc(F)c(F)c2)CC1. The van der Waals surface area contributed by atoms with Gasteiger partial charge in [0.1, 0.15) is 0 Å². The molecule has 1 fully saturated rings. The van der Waals surface area contributed by atoms with Crippen molar-refractivity contribution in [1.29, 1.82) is 0 Å². The molecule has 0 heterocycles. The molecule has 4 heteroatoms. The van der Waals surface area contributed by atoms with Crippen molar-refractivity contribution in [1.82, 2.24) is 0 Å². The van der Waals surface area contributed by atoms with Crippen molar-refractivity contribution in [2.45, 2.75) is 46.0 Å². The Labute approximate surface area is 131 Å². The molecule has 0 N–H and O–H groups in total. The lowest BCUT2D eigenvalue weighted by atomic mass is 9.76. The van der Waals surface area contributed by atoms with E-state index in [0.717, 1.165) is 30.4 Å². The smallest absolute Gasteiger partial charge is 0.160 e. The molecule has 1 saturated carbocycles. The quantitative estimate of drug-likeness (QED) is 0.411. The normalized spacial score (nSPS) is 23.6. The molecule has 0 aromatic heterocycles. The highest BCUT2D eigenvalue weighted by Gasteiger charge is 2.23. The van der Waals surface area contributed by atoms with Crippen LogP contribution in [0.25, 0.3) is 0 Å². The maximum atomic E-state index is 13.1. The van der Waals surface area contributed by atoms with Gasteiger partial charge in [0.2, 0.25) is 0 Å². The molecule has 0 spiro atoms. The minimum atomic E-state index is -0.866. The van der Waals surface area contributed by atoms with Gasteiger partial charge in [-0.1, -0.05) is 13.8 Å². The molecule has 1 nitrogen and oxygen atoms in total. The molecule has 0 saturated heterocycles. The molecule has 2 rings (SSSR count). The largest absolute Gasteiger partial charge is 0.247 e. The van der Waals surface area contributed by atoms with Gasteiger partial charge in [-0.15, -0.1) is 12.6 Å². The van der Waals surface area contributed by atoms with E-state index in [-0.39, 0.29) is 0 Å². The second-order valence-electron chi connectivity index (χ2n) is 6.36. The van der Waals surface area contributed by atoms with Gasteiger partial charge < -0.3 is 0 Å². The second kappa shape index (κ2) is 7.39. The lowest BCUT2D eigenvalue weighted by molar-refractivity contribution is 0.228. The van der Waals surface area contributed by atoms with E-state index in [4.69, 9.17) is 0 Å². The van der Waals surface area contributed by atoms with Gasteiger partial charge in [-0.3, -0.25) is 0 Å². The highest BCUT2D eigenvalue weighted by molar-refractivity contribution is 7.97. The molecule has 1 aromatic rings. The second-order valence-corrected chi connectivity index (χ2v) is 6.87. The molecule has 116 valence electrons. The molecular weight excluding hydrogens is 288 g/mol. The third-order valence-corrected chi connectivity index (χ3v) is 4.75. The van der Waals surface area contributed by atoms with Gasteiger partial charge in [0.25, 0.3) is 0 Å². The Kier molecular flexibility index (Phi) is 5.80. The Hall–Kier alpha value is -0.900. The molecule has 0 unspecified atom stereocenters. The molecule has 0 aliphatic heterocycles. The fraction of sp³-hybridized carbons (Fsp3) is 0.588. The third kappa shape index (κ3) is 4.80. The highest BCUT2D eigenvalue weighted by atomic mass is 32.1. The number of hydrogen-bond acceptors (Lipinski definition) is 1. The summed E-state index contributed by atoms with van der Waals surface area (Å²) in [6.07, 6.45) is 5.79. The molecule has 0 atom stereocenters. The summed E-state index contributed by atoms with van der Waals surface area (Å²) in [5.74, 6) is 0.503. The molecule has 21 heavy (non-hydrogen) atoms. The standard InChI is InChI=1S/C17H23F2NS/c1-11(2)13-5-3-12(4-6-13)9-17(21)20-14-7-8-15(18)16(19)10-14/h7-8,10-13H,3-6,9H2,1-2H3,(H,20,21)/t12-,13+. The van der Waals surface area contributed by atoms with E-state index in [1.165, 1.54) is 31.7 Å². The van der Waals surface area contributed by atoms with Gasteiger partial charge in [-0.05, 0) is 62.0 Å². The van der Waals surface area contributed by atoms with Crippen molar-refractivity contribution in [2.75, 3.05) is 0 Å². The number of rotatable bonds is 4. The van der Waals surface area contributed by atoms with Crippen LogP contribution in [0.1, 0.15) is 46.0 Å². The zero-order valence-corrected chi connectivity index (χ0v) is 13.5. The van der Waals surface area contributed by atoms with Crippen LogP contribution in [-0.4, -0.2) is 5.04 Å². The number of nitrogens with zero attached hydrogens (tertiary/aromatic N) is 1. The number of benzene rings is 1. The summed E-state index contributed by atoms with van der Waals surface area (Å²) >= 11 is 4.41. The van der Waals surface area contributed by atoms with E-state index in [1.54, 1.807) is 0 Å². The Morgan fingerprint density at radius 2 is 1.86 bits per heavy atom. The lowest BCUT2D eigenvalue weighted by Gasteiger charge is -2.30. The van der Waals surface area contributed by atoms with Crippen LogP contribution in [0.2, 0.25) is 0 Å². The predicted octanol–water partition coefficient (Wildman–Crippen LogP) is 5.78. The fourth-order valence-electron chi connectivity index (χ4n) is 3.07. The fourth-order valence-corrected chi connectivity index (χ4v) is 3.44. The van der Waals surface area contributed by atoms with Gasteiger partial charge in [0.15, 0.2) is 11.6 Å². The van der Waals surface area contributed by atoms with E-state index in [0.29, 0.717) is 16.6 Å². The maximum absolute atomic E-state index is 13.1. The zero-order valence-electron chi connectivity index (χ0n) is 12.6. The first kappa shape index (κ1) is 16.5. The van der Waals surface area contributed by atoms with Crippen LogP contribution in [0.5, 0.6) is 0 Å². The Morgan fingerprint density at radius 3 is 2.43 bits per heavy atom. The summed E-state index contributed by atoms with van der Waals surface area (Å²) in [5, 5.41) is 0.703. The van der Waals surface area contributed by atoms with Crippen molar-refractivity contribution in [2.24, 2.45) is 22.7 Å². The van der Waals surface area contributed by atoms with Crippen molar-refractivity contribution >= 4 is 23.4 Å². The average molecular weight is 311 g/mol. The lowest BCUT2D eigenvalue weighted by Crippen LogP contribution is -2.19. The van der Waals surface area contributed by atoms with Crippen molar-refractivity contribution in [3.05, 3.63) is 29.8 Å². The van der Waals surface area contributed by atoms with E-state index >= 15 is 0 Å². The van der Waals surface area contributed by atoms with Gasteiger partial charge in [-0.25, -0.2) is 13.8 Å². The molecular formula is C17H23F2NS.